The summed E-state index contributed by atoms with van der Waals surface area (Å²) in [5.74, 6) is 0. The Bertz CT molecular complexity index is 159. The third kappa shape index (κ3) is 4.18. The molecule has 0 aliphatic carbocycles. The van der Waals surface area contributed by atoms with Gasteiger partial charge in [-0.15, -0.1) is 0 Å². The van der Waals surface area contributed by atoms with Crippen molar-refractivity contribution in [2.75, 3.05) is 48.0 Å². The lowest BCUT2D eigenvalue weighted by atomic mass is 10.4. The van der Waals surface area contributed by atoms with Crippen molar-refractivity contribution >= 4 is 8.80 Å². The van der Waals surface area contributed by atoms with Gasteiger partial charge in [0.25, 0.3) is 0 Å². The Balaban J connectivity index is 4.31. The quantitative estimate of drug-likeness (QED) is 0.608. The zero-order valence-electron chi connectivity index (χ0n) is 10.4. The van der Waals surface area contributed by atoms with Crippen LogP contribution >= 0.6 is 0 Å². The number of hydrogen-bond acceptors (Lipinski definition) is 5. The fourth-order valence-corrected chi connectivity index (χ4v) is 3.99. The van der Waals surface area contributed by atoms with Crippen molar-refractivity contribution in [3.05, 3.63) is 0 Å². The van der Waals surface area contributed by atoms with Gasteiger partial charge in [-0.1, -0.05) is 6.92 Å². The molecule has 0 aromatic carbocycles. The van der Waals surface area contributed by atoms with Gasteiger partial charge < -0.3 is 23.9 Å². The molecule has 0 heterocycles. The van der Waals surface area contributed by atoms with Crippen LogP contribution in [-0.2, 0) is 13.3 Å². The first kappa shape index (κ1) is 15.0. The van der Waals surface area contributed by atoms with E-state index in [-0.39, 0.29) is 5.54 Å². The van der Waals surface area contributed by atoms with Gasteiger partial charge in [0, 0.05) is 46.5 Å². The average molecular weight is 236 g/mol. The highest BCUT2D eigenvalue weighted by molar-refractivity contribution is 6.62. The first-order valence-electron chi connectivity index (χ1n) is 5.10. The molecular weight excluding hydrogens is 212 g/mol. The van der Waals surface area contributed by atoms with Gasteiger partial charge in [-0.05, 0) is 7.05 Å². The van der Waals surface area contributed by atoms with Gasteiger partial charge in [-0.2, -0.15) is 0 Å². The summed E-state index contributed by atoms with van der Waals surface area (Å²) < 4.78 is 16.2. The number of nitrogens with two attached hydrogens (primary N) is 1. The van der Waals surface area contributed by atoms with Crippen molar-refractivity contribution in [1.82, 2.24) is 4.90 Å². The monoisotopic (exact) mass is 236 g/mol. The van der Waals surface area contributed by atoms with Crippen LogP contribution in [0.15, 0.2) is 0 Å². The van der Waals surface area contributed by atoms with Gasteiger partial charge in [0.05, 0.1) is 0 Å². The zero-order valence-corrected chi connectivity index (χ0v) is 11.4. The summed E-state index contributed by atoms with van der Waals surface area (Å²) in [4.78, 5) is 2.16. The average Bonchev–Trinajstić information content (AvgIpc) is 2.21. The smallest absolute Gasteiger partial charge is 0.377 e. The van der Waals surface area contributed by atoms with Crippen molar-refractivity contribution in [2.45, 2.75) is 12.5 Å². The summed E-state index contributed by atoms with van der Waals surface area (Å²) in [5, 5.41) is 0. The van der Waals surface area contributed by atoms with Crippen molar-refractivity contribution in [1.29, 1.82) is 0 Å². The van der Waals surface area contributed by atoms with Crippen molar-refractivity contribution in [3.8, 4) is 0 Å². The minimum Gasteiger partial charge on any atom is -0.377 e. The highest BCUT2D eigenvalue weighted by atomic mass is 28.4. The van der Waals surface area contributed by atoms with Crippen LogP contribution in [-0.4, -0.2) is 61.7 Å². The fraction of sp³-hybridized carbons (Fsp3) is 1.00. The maximum atomic E-state index is 5.49. The van der Waals surface area contributed by atoms with E-state index in [1.807, 2.05) is 7.05 Å². The molecule has 0 spiro atoms. The summed E-state index contributed by atoms with van der Waals surface area (Å²) in [6.07, 6.45) is 0. The van der Waals surface area contributed by atoms with Crippen molar-refractivity contribution < 1.29 is 13.3 Å². The third-order valence-electron chi connectivity index (χ3n) is 2.55. The Labute approximate surface area is 93.9 Å². The molecule has 6 heteroatoms. The minimum absolute atomic E-state index is 0.231. The summed E-state index contributed by atoms with van der Waals surface area (Å²) in [6, 6.07) is 0. The Kier molecular flexibility index (Phi) is 7.32. The summed E-state index contributed by atoms with van der Waals surface area (Å²) >= 11 is 0. The highest BCUT2D eigenvalue weighted by Crippen LogP contribution is 2.23. The van der Waals surface area contributed by atoms with Gasteiger partial charge in [0.15, 0.2) is 0 Å². The molecule has 0 aliphatic rings. The van der Waals surface area contributed by atoms with E-state index in [9.17, 15) is 0 Å². The molecule has 0 aliphatic heterocycles. The van der Waals surface area contributed by atoms with Crippen molar-refractivity contribution in [2.24, 2.45) is 5.73 Å². The van der Waals surface area contributed by atoms with Gasteiger partial charge in [-0.25, -0.2) is 0 Å². The molecule has 0 fully saturated rings. The summed E-state index contributed by atoms with van der Waals surface area (Å²) in [7, 11) is 4.45. The minimum atomic E-state index is -2.50. The van der Waals surface area contributed by atoms with Crippen LogP contribution < -0.4 is 5.73 Å². The highest BCUT2D eigenvalue weighted by Gasteiger charge is 2.44. The van der Waals surface area contributed by atoms with E-state index in [1.54, 1.807) is 21.3 Å². The largest absolute Gasteiger partial charge is 0.504 e. The van der Waals surface area contributed by atoms with Crippen LogP contribution in [0.4, 0.5) is 0 Å². The van der Waals surface area contributed by atoms with Crippen LogP contribution in [0.5, 0.6) is 0 Å². The van der Waals surface area contributed by atoms with Gasteiger partial charge in [0.1, 0.15) is 0 Å². The normalized spacial score (nSPS) is 14.6. The lowest BCUT2D eigenvalue weighted by molar-refractivity contribution is 0.107. The van der Waals surface area contributed by atoms with E-state index < -0.39 is 8.80 Å². The molecule has 0 rings (SSSR count). The van der Waals surface area contributed by atoms with E-state index in [2.05, 4.69) is 11.8 Å². The number of rotatable bonds is 8. The molecule has 2 N–H and O–H groups in total. The first-order valence-corrected chi connectivity index (χ1v) is 6.90. The van der Waals surface area contributed by atoms with Gasteiger partial charge >= 0.3 is 8.80 Å². The predicted octanol–water partition coefficient (Wildman–Crippen LogP) is 0.145. The number of hydrogen-bond donors (Lipinski definition) is 1. The van der Waals surface area contributed by atoms with Crippen LogP contribution in [0.2, 0.25) is 5.54 Å². The molecule has 0 amide bonds. The Morgan fingerprint density at radius 2 is 1.67 bits per heavy atom. The second kappa shape index (κ2) is 7.32. The molecular formula is C9H24N2O3Si. The molecule has 0 aromatic rings. The van der Waals surface area contributed by atoms with Crippen LogP contribution in [0.25, 0.3) is 0 Å². The van der Waals surface area contributed by atoms with E-state index >= 15 is 0 Å². The Morgan fingerprint density at radius 1 is 1.20 bits per heavy atom. The van der Waals surface area contributed by atoms with E-state index in [4.69, 9.17) is 19.0 Å². The lowest BCUT2D eigenvalue weighted by Gasteiger charge is -2.32. The fourth-order valence-electron chi connectivity index (χ4n) is 1.74. The molecule has 5 nitrogen and oxygen atoms in total. The first-order chi connectivity index (χ1) is 7.06. The molecule has 0 bridgehead atoms. The van der Waals surface area contributed by atoms with Gasteiger partial charge in [0.2, 0.25) is 0 Å². The second-order valence-corrected chi connectivity index (χ2v) is 7.09. The molecule has 0 saturated carbocycles. The predicted molar refractivity (Wildman–Crippen MR) is 62.8 cm³/mol. The molecule has 0 aromatic heterocycles. The third-order valence-corrected chi connectivity index (χ3v) is 5.65. The van der Waals surface area contributed by atoms with E-state index in [1.165, 1.54) is 0 Å². The van der Waals surface area contributed by atoms with Crippen LogP contribution in [0.1, 0.15) is 6.92 Å². The standard InChI is InChI=1S/C9H24N2O3Si/c1-9(8-11(2)7-6-10)15(12-3,13-4)14-5/h9H,6-8,10H2,1-5H3. The molecule has 1 unspecified atom stereocenters. The topological polar surface area (TPSA) is 57.0 Å². The van der Waals surface area contributed by atoms with Crippen LogP contribution in [0.3, 0.4) is 0 Å². The maximum Gasteiger partial charge on any atom is 0.504 e. The van der Waals surface area contributed by atoms with Gasteiger partial charge in [-0.3, -0.25) is 0 Å². The van der Waals surface area contributed by atoms with E-state index in [0.717, 1.165) is 13.1 Å². The molecule has 0 saturated heterocycles. The summed E-state index contributed by atoms with van der Waals surface area (Å²) in [5.41, 5.74) is 5.72. The van der Waals surface area contributed by atoms with E-state index in [0.29, 0.717) is 6.54 Å². The number of nitrogens with zero attached hydrogens (tertiary/aromatic N) is 1. The lowest BCUT2D eigenvalue weighted by Crippen LogP contribution is -2.50. The molecule has 1 atom stereocenters. The number of likely N-dealkylation sites (N-methyl/N-ethyl adjacent to an activating group) is 1. The summed E-state index contributed by atoms with van der Waals surface area (Å²) in [6.45, 7) is 4.46. The maximum absolute atomic E-state index is 5.49. The molecule has 0 radical (unpaired) electrons. The van der Waals surface area contributed by atoms with Crippen LogP contribution in [0, 0.1) is 0 Å². The Hall–Kier alpha value is 0.0169. The second-order valence-electron chi connectivity index (χ2n) is 3.67. The molecule has 92 valence electrons. The molecule has 15 heavy (non-hydrogen) atoms. The van der Waals surface area contributed by atoms with Crippen molar-refractivity contribution in [3.63, 3.8) is 0 Å². The SMILES string of the molecule is CO[Si](OC)(OC)C(C)CN(C)CCN. The Morgan fingerprint density at radius 3 is 2.00 bits per heavy atom. The zero-order chi connectivity index (χ0) is 11.9.